The molecule has 1 aromatic heterocycles. The fourth-order valence-electron chi connectivity index (χ4n) is 4.56. The van der Waals surface area contributed by atoms with Crippen LogP contribution in [0.15, 0.2) is 83.6 Å². The van der Waals surface area contributed by atoms with Gasteiger partial charge in [-0.05, 0) is 54.1 Å². The predicted molar refractivity (Wildman–Crippen MR) is 169 cm³/mol. The van der Waals surface area contributed by atoms with Crippen LogP contribution in [0.1, 0.15) is 17.9 Å². The standard InChI is InChI=1S/C30H34ClN5O9S/c1-43-25-7-9-26(10-8-25)46(41,42)35(14-16-37)15-17-44-29-19-22(21-2-4-23(31)5-3-21)18-27(45-29)30(38)33-13-12-32-28-11-6-24(20-34-28)36(39)40/h2-11,18,20,22,29,37H,12-17,19H2,1H3,(H,32,34)(H,33,38)/t22-,29+/m1/s1. The summed E-state index contributed by atoms with van der Waals surface area (Å²) in [5.74, 6) is 0.188. The Labute approximate surface area is 271 Å². The number of benzene rings is 2. The minimum atomic E-state index is -3.94. The van der Waals surface area contributed by atoms with Crippen molar-refractivity contribution in [3.63, 3.8) is 0 Å². The van der Waals surface area contributed by atoms with Gasteiger partial charge in [0.25, 0.3) is 11.6 Å². The summed E-state index contributed by atoms with van der Waals surface area (Å²) in [5.41, 5.74) is 0.744. The number of sulfonamides is 1. The summed E-state index contributed by atoms with van der Waals surface area (Å²) in [5, 5.41) is 26.6. The minimum Gasteiger partial charge on any atom is -0.497 e. The number of methoxy groups -OCH3 is 1. The van der Waals surface area contributed by atoms with Gasteiger partial charge in [-0.3, -0.25) is 14.9 Å². The molecular weight excluding hydrogens is 642 g/mol. The highest BCUT2D eigenvalue weighted by molar-refractivity contribution is 7.89. The predicted octanol–water partition coefficient (Wildman–Crippen LogP) is 3.29. The monoisotopic (exact) mass is 675 g/mol. The number of nitrogens with one attached hydrogen (secondary N) is 2. The van der Waals surface area contributed by atoms with Gasteiger partial charge in [0.1, 0.15) is 17.8 Å². The van der Waals surface area contributed by atoms with E-state index in [0.29, 0.717) is 23.0 Å². The highest BCUT2D eigenvalue weighted by Gasteiger charge is 2.30. The van der Waals surface area contributed by atoms with Crippen molar-refractivity contribution in [2.24, 2.45) is 0 Å². The zero-order valence-corrected chi connectivity index (χ0v) is 26.4. The van der Waals surface area contributed by atoms with Gasteiger partial charge in [0.05, 0.1) is 30.1 Å². The maximum atomic E-state index is 13.2. The number of nitrogens with zero attached hydrogens (tertiary/aromatic N) is 3. The van der Waals surface area contributed by atoms with Crippen LogP contribution in [-0.2, 0) is 24.3 Å². The molecule has 0 radical (unpaired) electrons. The van der Waals surface area contributed by atoms with Crippen LogP contribution in [0.5, 0.6) is 5.75 Å². The van der Waals surface area contributed by atoms with Crippen molar-refractivity contribution in [1.29, 1.82) is 0 Å². The highest BCUT2D eigenvalue weighted by atomic mass is 35.5. The molecule has 0 aliphatic carbocycles. The van der Waals surface area contributed by atoms with E-state index in [2.05, 4.69) is 15.6 Å². The van der Waals surface area contributed by atoms with Gasteiger partial charge in [-0.1, -0.05) is 23.7 Å². The number of hydrogen-bond acceptors (Lipinski definition) is 11. The third-order valence-electron chi connectivity index (χ3n) is 6.95. The van der Waals surface area contributed by atoms with Crippen LogP contribution in [0.2, 0.25) is 5.02 Å². The molecule has 2 heterocycles. The molecule has 1 aliphatic rings. The fourth-order valence-corrected chi connectivity index (χ4v) is 6.10. The summed E-state index contributed by atoms with van der Waals surface area (Å²) in [6, 6.07) is 15.9. The largest absolute Gasteiger partial charge is 0.497 e. The van der Waals surface area contributed by atoms with Gasteiger partial charge in [-0.25, -0.2) is 13.4 Å². The van der Waals surface area contributed by atoms with E-state index in [9.17, 15) is 28.4 Å². The number of hydrogen-bond donors (Lipinski definition) is 3. The van der Waals surface area contributed by atoms with Crippen molar-refractivity contribution in [2.45, 2.75) is 23.5 Å². The Kier molecular flexibility index (Phi) is 12.3. The SMILES string of the molecule is COc1ccc(S(=O)(=O)N(CCO)CCO[C@@H]2C[C@H](c3ccc(Cl)cc3)C=C(C(=O)NCCNc3ccc([N+](=O)[O-])cn3)O2)cc1. The molecule has 3 N–H and O–H groups in total. The fraction of sp³-hybridized carbons (Fsp3) is 0.333. The van der Waals surface area contributed by atoms with Crippen LogP contribution in [-0.4, -0.2) is 86.4 Å². The number of aliphatic hydroxyl groups is 1. The lowest BCUT2D eigenvalue weighted by molar-refractivity contribution is -0.385. The van der Waals surface area contributed by atoms with Gasteiger partial charge in [0, 0.05) is 49.6 Å². The smallest absolute Gasteiger partial charge is 0.287 e. The Hall–Kier alpha value is -4.28. The highest BCUT2D eigenvalue weighted by Crippen LogP contribution is 2.32. The first-order valence-corrected chi connectivity index (χ1v) is 16.1. The van der Waals surface area contributed by atoms with Crippen LogP contribution < -0.4 is 15.4 Å². The maximum Gasteiger partial charge on any atom is 0.287 e. The average Bonchev–Trinajstić information content (AvgIpc) is 3.06. The number of rotatable bonds is 16. The van der Waals surface area contributed by atoms with Crippen molar-refractivity contribution in [1.82, 2.24) is 14.6 Å². The van der Waals surface area contributed by atoms with E-state index in [1.165, 1.54) is 43.5 Å². The number of ether oxygens (including phenoxy) is 3. The van der Waals surface area contributed by atoms with Crippen LogP contribution in [0.3, 0.4) is 0 Å². The molecule has 0 unspecified atom stereocenters. The Morgan fingerprint density at radius 1 is 1.13 bits per heavy atom. The summed E-state index contributed by atoms with van der Waals surface area (Å²) in [6.07, 6.45) is 2.29. The van der Waals surface area contributed by atoms with Crippen molar-refractivity contribution in [3.8, 4) is 5.75 Å². The molecule has 246 valence electrons. The van der Waals surface area contributed by atoms with E-state index >= 15 is 0 Å². The molecule has 0 saturated carbocycles. The van der Waals surface area contributed by atoms with Gasteiger partial charge in [0.2, 0.25) is 16.3 Å². The molecule has 3 aromatic rings. The molecule has 0 spiro atoms. The van der Waals surface area contributed by atoms with Gasteiger partial charge in [0.15, 0.2) is 5.76 Å². The van der Waals surface area contributed by atoms with Crippen molar-refractivity contribution in [3.05, 3.63) is 99.4 Å². The molecule has 0 bridgehead atoms. The van der Waals surface area contributed by atoms with Gasteiger partial charge < -0.3 is 30.0 Å². The second-order valence-electron chi connectivity index (χ2n) is 9.99. The lowest BCUT2D eigenvalue weighted by atomic mass is 9.93. The number of halogens is 1. The van der Waals surface area contributed by atoms with Crippen LogP contribution in [0.4, 0.5) is 11.5 Å². The third-order valence-corrected chi connectivity index (χ3v) is 9.11. The zero-order valence-electron chi connectivity index (χ0n) is 24.9. The number of aromatic nitrogens is 1. The van der Waals surface area contributed by atoms with Crippen LogP contribution in [0, 0.1) is 10.1 Å². The summed E-state index contributed by atoms with van der Waals surface area (Å²) in [7, 11) is -2.46. The molecule has 14 nitrogen and oxygen atoms in total. The molecule has 2 aromatic carbocycles. The number of anilines is 1. The number of allylic oxidation sites excluding steroid dienone is 1. The molecule has 1 aliphatic heterocycles. The first kappa shape index (κ1) is 34.6. The molecular formula is C30H34ClN5O9S. The van der Waals surface area contributed by atoms with E-state index in [4.69, 9.17) is 25.8 Å². The Morgan fingerprint density at radius 2 is 1.87 bits per heavy atom. The van der Waals surface area contributed by atoms with E-state index in [1.807, 2.05) is 12.1 Å². The molecule has 2 atom stereocenters. The Balaban J connectivity index is 1.38. The third kappa shape index (κ3) is 9.37. The van der Waals surface area contributed by atoms with Crippen molar-refractivity contribution in [2.75, 3.05) is 51.8 Å². The topological polar surface area (TPSA) is 182 Å². The Bertz CT molecular complexity index is 1610. The molecule has 46 heavy (non-hydrogen) atoms. The lowest BCUT2D eigenvalue weighted by Gasteiger charge is -2.30. The molecule has 0 fully saturated rings. The second kappa shape index (κ2) is 16.3. The number of amides is 1. The minimum absolute atomic E-state index is 0.0303. The quantitative estimate of drug-likeness (QED) is 0.115. The average molecular weight is 676 g/mol. The zero-order chi connectivity index (χ0) is 33.1. The number of aliphatic hydroxyl groups excluding tert-OH is 1. The maximum absolute atomic E-state index is 13.2. The van der Waals surface area contributed by atoms with E-state index < -0.39 is 33.8 Å². The van der Waals surface area contributed by atoms with Crippen molar-refractivity contribution < 1.29 is 37.5 Å². The van der Waals surface area contributed by atoms with E-state index in [-0.39, 0.29) is 55.0 Å². The number of carbonyl (C=O) groups is 1. The van der Waals surface area contributed by atoms with Gasteiger partial charge in [-0.15, -0.1) is 0 Å². The molecule has 16 heteroatoms. The number of nitro groups is 1. The van der Waals surface area contributed by atoms with E-state index in [0.717, 1.165) is 16.1 Å². The van der Waals surface area contributed by atoms with Gasteiger partial charge in [-0.2, -0.15) is 4.31 Å². The van der Waals surface area contributed by atoms with Gasteiger partial charge >= 0.3 is 0 Å². The molecule has 4 rings (SSSR count). The van der Waals surface area contributed by atoms with Crippen LogP contribution in [0.25, 0.3) is 0 Å². The number of carbonyl (C=O) groups excluding carboxylic acids is 1. The second-order valence-corrected chi connectivity index (χ2v) is 12.4. The van der Waals surface area contributed by atoms with E-state index in [1.54, 1.807) is 18.2 Å². The van der Waals surface area contributed by atoms with Crippen LogP contribution >= 0.6 is 11.6 Å². The summed E-state index contributed by atoms with van der Waals surface area (Å²) in [4.78, 5) is 27.4. The summed E-state index contributed by atoms with van der Waals surface area (Å²) < 4.78 is 44.5. The lowest BCUT2D eigenvalue weighted by Crippen LogP contribution is -2.38. The first-order chi connectivity index (χ1) is 22.1. The summed E-state index contributed by atoms with van der Waals surface area (Å²) >= 11 is 6.07. The molecule has 0 saturated heterocycles. The van der Waals surface area contributed by atoms with Crippen molar-refractivity contribution >= 4 is 39.0 Å². The molecule has 1 amide bonds. The normalized spacial score (nSPS) is 16.3. The Morgan fingerprint density at radius 3 is 2.50 bits per heavy atom. The summed E-state index contributed by atoms with van der Waals surface area (Å²) in [6.45, 7) is -0.214. The number of pyridine rings is 1. The first-order valence-electron chi connectivity index (χ1n) is 14.2.